The van der Waals surface area contributed by atoms with Crippen molar-refractivity contribution in [2.45, 2.75) is 25.7 Å². The molecule has 0 bridgehead atoms. The Bertz CT molecular complexity index is 872. The third-order valence-corrected chi connectivity index (χ3v) is 5.38. The molecule has 0 aromatic heterocycles. The molecule has 0 aliphatic carbocycles. The summed E-state index contributed by atoms with van der Waals surface area (Å²) in [4.78, 5) is 27.7. The van der Waals surface area contributed by atoms with Crippen molar-refractivity contribution in [1.82, 2.24) is 10.2 Å². The molecule has 1 saturated heterocycles. The van der Waals surface area contributed by atoms with Gasteiger partial charge >= 0.3 is 0 Å². The first kappa shape index (κ1) is 20.6. The zero-order valence-corrected chi connectivity index (χ0v) is 17.8. The van der Waals surface area contributed by atoms with Crippen LogP contribution >= 0.6 is 27.5 Å². The molecule has 0 atom stereocenters. The SMILES string of the molecule is O=C(N/C(=C\c1ccc(Cl)cc1)C(=O)N1CCCCCC1)c1cccc(Br)c1. The zero-order valence-electron chi connectivity index (χ0n) is 15.5. The molecule has 3 rings (SSSR count). The molecule has 146 valence electrons. The van der Waals surface area contributed by atoms with Gasteiger partial charge in [-0.25, -0.2) is 0 Å². The van der Waals surface area contributed by atoms with Crippen molar-refractivity contribution in [3.8, 4) is 0 Å². The highest BCUT2D eigenvalue weighted by Crippen LogP contribution is 2.17. The molecular formula is C22H22BrClN2O2. The van der Waals surface area contributed by atoms with Crippen LogP contribution in [-0.4, -0.2) is 29.8 Å². The van der Waals surface area contributed by atoms with Gasteiger partial charge in [0, 0.05) is 28.1 Å². The number of halogens is 2. The van der Waals surface area contributed by atoms with Crippen molar-refractivity contribution in [2.75, 3.05) is 13.1 Å². The van der Waals surface area contributed by atoms with E-state index in [1.807, 2.05) is 23.1 Å². The van der Waals surface area contributed by atoms with Crippen LogP contribution in [0, 0.1) is 0 Å². The lowest BCUT2D eigenvalue weighted by atomic mass is 10.1. The highest BCUT2D eigenvalue weighted by molar-refractivity contribution is 9.10. The minimum atomic E-state index is -0.315. The summed E-state index contributed by atoms with van der Waals surface area (Å²) in [5.41, 5.74) is 1.56. The Kier molecular flexibility index (Phi) is 7.29. The minimum absolute atomic E-state index is 0.153. The van der Waals surface area contributed by atoms with E-state index in [0.29, 0.717) is 23.7 Å². The van der Waals surface area contributed by atoms with Crippen LogP contribution in [0.3, 0.4) is 0 Å². The molecule has 0 unspecified atom stereocenters. The van der Waals surface area contributed by atoms with Gasteiger partial charge in [-0.2, -0.15) is 0 Å². The maximum atomic E-state index is 13.2. The number of nitrogens with zero attached hydrogens (tertiary/aromatic N) is 1. The monoisotopic (exact) mass is 460 g/mol. The number of rotatable bonds is 4. The smallest absolute Gasteiger partial charge is 0.270 e. The van der Waals surface area contributed by atoms with Gasteiger partial charge in [-0.3, -0.25) is 9.59 Å². The first-order valence-corrected chi connectivity index (χ1v) is 10.5. The van der Waals surface area contributed by atoms with Gasteiger partial charge in [0.05, 0.1) is 0 Å². The maximum absolute atomic E-state index is 13.2. The number of nitrogens with one attached hydrogen (secondary N) is 1. The normalized spacial score (nSPS) is 15.1. The van der Waals surface area contributed by atoms with Crippen LogP contribution in [0.2, 0.25) is 5.02 Å². The number of amides is 2. The predicted molar refractivity (Wildman–Crippen MR) is 116 cm³/mol. The molecule has 0 radical (unpaired) electrons. The molecule has 0 saturated carbocycles. The fourth-order valence-electron chi connectivity index (χ4n) is 3.15. The van der Waals surface area contributed by atoms with E-state index < -0.39 is 0 Å². The lowest BCUT2D eigenvalue weighted by Crippen LogP contribution is -2.39. The molecule has 1 N–H and O–H groups in total. The van der Waals surface area contributed by atoms with E-state index in [1.165, 1.54) is 0 Å². The second-order valence-electron chi connectivity index (χ2n) is 6.78. The number of carbonyl (C=O) groups excluding carboxylic acids is 2. The van der Waals surface area contributed by atoms with E-state index in [-0.39, 0.29) is 17.5 Å². The van der Waals surface area contributed by atoms with Crippen LogP contribution in [-0.2, 0) is 4.79 Å². The molecule has 2 aromatic rings. The molecule has 2 aromatic carbocycles. The zero-order chi connectivity index (χ0) is 19.9. The summed E-state index contributed by atoms with van der Waals surface area (Å²) < 4.78 is 0.808. The van der Waals surface area contributed by atoms with Crippen LogP contribution in [0.4, 0.5) is 0 Å². The summed E-state index contributed by atoms with van der Waals surface area (Å²) in [6.07, 6.45) is 5.94. The van der Waals surface area contributed by atoms with E-state index >= 15 is 0 Å². The van der Waals surface area contributed by atoms with Crippen LogP contribution in [0.1, 0.15) is 41.6 Å². The molecule has 4 nitrogen and oxygen atoms in total. The average Bonchev–Trinajstić information content (AvgIpc) is 2.98. The van der Waals surface area contributed by atoms with Crippen molar-refractivity contribution in [1.29, 1.82) is 0 Å². The molecule has 1 aliphatic rings. The second kappa shape index (κ2) is 9.89. The first-order chi connectivity index (χ1) is 13.5. The highest BCUT2D eigenvalue weighted by atomic mass is 79.9. The lowest BCUT2D eigenvalue weighted by Gasteiger charge is -2.22. The Hall–Kier alpha value is -2.11. The summed E-state index contributed by atoms with van der Waals surface area (Å²) in [6.45, 7) is 1.42. The van der Waals surface area contributed by atoms with E-state index in [2.05, 4.69) is 21.2 Å². The highest BCUT2D eigenvalue weighted by Gasteiger charge is 2.21. The van der Waals surface area contributed by atoms with E-state index in [9.17, 15) is 9.59 Å². The number of benzene rings is 2. The van der Waals surface area contributed by atoms with Gasteiger partial charge in [0.25, 0.3) is 11.8 Å². The Balaban J connectivity index is 1.88. The number of carbonyl (C=O) groups is 2. The standard InChI is InChI=1S/C22H22BrClN2O2/c23-18-7-5-6-17(15-18)21(27)25-20(14-16-8-10-19(24)11-9-16)22(28)26-12-3-1-2-4-13-26/h5-11,14-15H,1-4,12-13H2,(H,25,27)/b20-14-. The third-order valence-electron chi connectivity index (χ3n) is 4.64. The van der Waals surface area contributed by atoms with Crippen LogP contribution in [0.5, 0.6) is 0 Å². The maximum Gasteiger partial charge on any atom is 0.270 e. The summed E-state index contributed by atoms with van der Waals surface area (Å²) in [7, 11) is 0. The van der Waals surface area contributed by atoms with Crippen molar-refractivity contribution in [3.63, 3.8) is 0 Å². The fraction of sp³-hybridized carbons (Fsp3) is 0.273. The summed E-state index contributed by atoms with van der Waals surface area (Å²) in [6, 6.07) is 14.3. The van der Waals surface area contributed by atoms with Crippen LogP contribution in [0.25, 0.3) is 6.08 Å². The lowest BCUT2D eigenvalue weighted by molar-refractivity contribution is -0.127. The average molecular weight is 462 g/mol. The summed E-state index contributed by atoms with van der Waals surface area (Å²) in [5, 5.41) is 3.44. The quantitative estimate of drug-likeness (QED) is 0.630. The van der Waals surface area contributed by atoms with Gasteiger partial charge in [-0.05, 0) is 54.8 Å². The van der Waals surface area contributed by atoms with Crippen molar-refractivity contribution >= 4 is 45.4 Å². The fourth-order valence-corrected chi connectivity index (χ4v) is 3.67. The van der Waals surface area contributed by atoms with E-state index in [0.717, 1.165) is 35.7 Å². The summed E-state index contributed by atoms with van der Waals surface area (Å²) in [5.74, 6) is -0.468. The van der Waals surface area contributed by atoms with Gasteiger partial charge in [0.15, 0.2) is 0 Å². The van der Waals surface area contributed by atoms with Crippen molar-refractivity contribution < 1.29 is 9.59 Å². The molecule has 0 spiro atoms. The van der Waals surface area contributed by atoms with Crippen molar-refractivity contribution in [3.05, 3.63) is 74.9 Å². The number of hydrogen-bond acceptors (Lipinski definition) is 2. The topological polar surface area (TPSA) is 49.4 Å². The molecular weight excluding hydrogens is 440 g/mol. The van der Waals surface area contributed by atoms with Crippen molar-refractivity contribution in [2.24, 2.45) is 0 Å². The molecule has 28 heavy (non-hydrogen) atoms. The van der Waals surface area contributed by atoms with E-state index in [1.54, 1.807) is 36.4 Å². The second-order valence-corrected chi connectivity index (χ2v) is 8.13. The summed E-state index contributed by atoms with van der Waals surface area (Å²) >= 11 is 9.33. The number of hydrogen-bond donors (Lipinski definition) is 1. The molecule has 6 heteroatoms. The van der Waals surface area contributed by atoms with Crippen LogP contribution < -0.4 is 5.32 Å². The Morgan fingerprint density at radius 2 is 1.68 bits per heavy atom. The molecule has 1 heterocycles. The van der Waals surface area contributed by atoms with Gasteiger partial charge in [-0.1, -0.05) is 58.6 Å². The minimum Gasteiger partial charge on any atom is -0.337 e. The Morgan fingerprint density at radius 1 is 1.00 bits per heavy atom. The third kappa shape index (κ3) is 5.69. The number of likely N-dealkylation sites (tertiary alicyclic amines) is 1. The van der Waals surface area contributed by atoms with Crippen LogP contribution in [0.15, 0.2) is 58.7 Å². The molecule has 2 amide bonds. The van der Waals surface area contributed by atoms with E-state index in [4.69, 9.17) is 11.6 Å². The molecule has 1 aliphatic heterocycles. The predicted octanol–water partition coefficient (Wildman–Crippen LogP) is 5.28. The first-order valence-electron chi connectivity index (χ1n) is 9.36. The Morgan fingerprint density at radius 3 is 2.32 bits per heavy atom. The van der Waals surface area contributed by atoms with Gasteiger partial charge in [0.2, 0.25) is 0 Å². The van der Waals surface area contributed by atoms with Gasteiger partial charge in [0.1, 0.15) is 5.70 Å². The van der Waals surface area contributed by atoms with Gasteiger partial charge in [-0.15, -0.1) is 0 Å². The van der Waals surface area contributed by atoms with Gasteiger partial charge < -0.3 is 10.2 Å². The molecule has 1 fully saturated rings. The Labute approximate surface area is 178 Å². The largest absolute Gasteiger partial charge is 0.337 e.